The molecule has 30 heavy (non-hydrogen) atoms. The fraction of sp³-hybridized carbons (Fsp3) is 0.280. The van der Waals surface area contributed by atoms with E-state index in [9.17, 15) is 4.79 Å². The molecule has 0 atom stereocenters. The molecule has 0 spiro atoms. The number of para-hydroxylation sites is 1. The average Bonchev–Trinajstić information content (AvgIpc) is 2.80. The van der Waals surface area contributed by atoms with E-state index in [0.29, 0.717) is 0 Å². The zero-order valence-corrected chi connectivity index (χ0v) is 17.2. The maximum Gasteiger partial charge on any atom is 0.260 e. The van der Waals surface area contributed by atoms with Crippen molar-refractivity contribution in [2.45, 2.75) is 13.0 Å². The Hall–Kier alpha value is -3.18. The van der Waals surface area contributed by atoms with E-state index in [4.69, 9.17) is 4.74 Å². The molecule has 2 aromatic carbocycles. The van der Waals surface area contributed by atoms with Gasteiger partial charge in [0.2, 0.25) is 0 Å². The molecule has 5 heteroatoms. The zero-order chi connectivity index (χ0) is 20.6. The van der Waals surface area contributed by atoms with Crippen LogP contribution in [0.25, 0.3) is 0 Å². The third kappa shape index (κ3) is 5.45. The van der Waals surface area contributed by atoms with Crippen LogP contribution in [0.3, 0.4) is 0 Å². The minimum atomic E-state index is 0.0625. The molecular formula is C25H28N3O2+. The van der Waals surface area contributed by atoms with E-state index in [1.807, 2.05) is 53.7 Å². The third-order valence-corrected chi connectivity index (χ3v) is 5.59. The normalized spacial score (nSPS) is 14.5. The van der Waals surface area contributed by atoms with Gasteiger partial charge in [-0.25, -0.2) is 0 Å². The second kappa shape index (κ2) is 10.0. The summed E-state index contributed by atoms with van der Waals surface area (Å²) in [5.74, 6) is 0.851. The molecule has 5 nitrogen and oxygen atoms in total. The average molecular weight is 403 g/mol. The van der Waals surface area contributed by atoms with Gasteiger partial charge in [-0.05, 0) is 29.3 Å². The SMILES string of the molecule is O=C(COc1ccccc1Cc1ccccc1)N1CC[NH+](Cc2ccncc2)CC1. The van der Waals surface area contributed by atoms with Crippen LogP contribution in [0.5, 0.6) is 5.75 Å². The summed E-state index contributed by atoms with van der Waals surface area (Å²) in [5, 5.41) is 0. The smallest absolute Gasteiger partial charge is 0.260 e. The number of amides is 1. The van der Waals surface area contributed by atoms with Gasteiger partial charge in [0.1, 0.15) is 12.3 Å². The standard InChI is InChI=1S/C25H27N3O2/c29-25(28-16-14-27(15-17-28)19-22-10-12-26-13-11-22)20-30-24-9-5-4-8-23(24)18-21-6-2-1-3-7-21/h1-13H,14-20H2/p+1. The molecular weight excluding hydrogens is 374 g/mol. The maximum absolute atomic E-state index is 12.7. The van der Waals surface area contributed by atoms with E-state index in [1.165, 1.54) is 16.0 Å². The molecule has 1 aliphatic rings. The van der Waals surface area contributed by atoms with Gasteiger partial charge in [-0.2, -0.15) is 0 Å². The van der Waals surface area contributed by atoms with Gasteiger partial charge in [0, 0.05) is 24.4 Å². The highest BCUT2D eigenvalue weighted by atomic mass is 16.5. The number of nitrogens with zero attached hydrogens (tertiary/aromatic N) is 2. The fourth-order valence-corrected chi connectivity index (χ4v) is 3.88. The summed E-state index contributed by atoms with van der Waals surface area (Å²) >= 11 is 0. The summed E-state index contributed by atoms with van der Waals surface area (Å²) in [5.41, 5.74) is 3.62. The molecule has 0 aliphatic carbocycles. The Labute approximate surface area is 177 Å². The van der Waals surface area contributed by atoms with Crippen LogP contribution in [0, 0.1) is 0 Å². The number of rotatable bonds is 7. The van der Waals surface area contributed by atoms with Crippen molar-refractivity contribution in [3.63, 3.8) is 0 Å². The van der Waals surface area contributed by atoms with Crippen molar-refractivity contribution < 1.29 is 14.4 Å². The Morgan fingerprint density at radius 3 is 2.37 bits per heavy atom. The van der Waals surface area contributed by atoms with Gasteiger partial charge in [-0.3, -0.25) is 9.78 Å². The monoisotopic (exact) mass is 402 g/mol. The summed E-state index contributed by atoms with van der Waals surface area (Å²) in [7, 11) is 0. The lowest BCUT2D eigenvalue weighted by atomic mass is 10.0. The first kappa shape index (κ1) is 20.1. The molecule has 2 heterocycles. The highest BCUT2D eigenvalue weighted by molar-refractivity contribution is 5.77. The maximum atomic E-state index is 12.7. The number of piperazine rings is 1. The lowest BCUT2D eigenvalue weighted by molar-refractivity contribution is -0.917. The van der Waals surface area contributed by atoms with Crippen LogP contribution in [0.15, 0.2) is 79.1 Å². The van der Waals surface area contributed by atoms with Crippen LogP contribution < -0.4 is 9.64 Å². The van der Waals surface area contributed by atoms with Crippen molar-refractivity contribution in [3.8, 4) is 5.75 Å². The Morgan fingerprint density at radius 2 is 1.60 bits per heavy atom. The van der Waals surface area contributed by atoms with Gasteiger partial charge in [0.25, 0.3) is 5.91 Å². The number of quaternary nitrogens is 1. The Balaban J connectivity index is 1.27. The molecule has 0 radical (unpaired) electrons. The fourth-order valence-electron chi connectivity index (χ4n) is 3.88. The largest absolute Gasteiger partial charge is 0.483 e. The van der Waals surface area contributed by atoms with Crippen LogP contribution in [-0.4, -0.2) is 48.6 Å². The number of benzene rings is 2. The van der Waals surface area contributed by atoms with Crippen LogP contribution >= 0.6 is 0 Å². The number of carbonyl (C=O) groups excluding carboxylic acids is 1. The van der Waals surface area contributed by atoms with Gasteiger partial charge >= 0.3 is 0 Å². The predicted molar refractivity (Wildman–Crippen MR) is 116 cm³/mol. The first-order valence-electron chi connectivity index (χ1n) is 10.5. The van der Waals surface area contributed by atoms with Gasteiger partial charge < -0.3 is 14.5 Å². The molecule has 0 unspecified atom stereocenters. The van der Waals surface area contributed by atoms with Crippen LogP contribution in [0.2, 0.25) is 0 Å². The second-order valence-electron chi connectivity index (χ2n) is 7.72. The number of carbonyl (C=O) groups is 1. The van der Waals surface area contributed by atoms with Gasteiger partial charge in [0.15, 0.2) is 6.61 Å². The van der Waals surface area contributed by atoms with E-state index in [1.54, 1.807) is 0 Å². The molecule has 1 fully saturated rings. The van der Waals surface area contributed by atoms with Crippen molar-refractivity contribution in [1.29, 1.82) is 0 Å². The van der Waals surface area contributed by atoms with Crippen LogP contribution in [0.4, 0.5) is 0 Å². The van der Waals surface area contributed by atoms with E-state index >= 15 is 0 Å². The summed E-state index contributed by atoms with van der Waals surface area (Å²) in [6.07, 6.45) is 4.46. The Kier molecular flexibility index (Phi) is 6.72. The van der Waals surface area contributed by atoms with E-state index in [2.05, 4.69) is 35.3 Å². The quantitative estimate of drug-likeness (QED) is 0.657. The first-order valence-corrected chi connectivity index (χ1v) is 10.5. The van der Waals surface area contributed by atoms with Crippen molar-refractivity contribution in [2.24, 2.45) is 0 Å². The number of ether oxygens (including phenoxy) is 1. The predicted octanol–water partition coefficient (Wildman–Crippen LogP) is 1.98. The lowest BCUT2D eigenvalue weighted by Crippen LogP contribution is -3.13. The molecule has 1 saturated heterocycles. The second-order valence-corrected chi connectivity index (χ2v) is 7.72. The van der Waals surface area contributed by atoms with E-state index in [0.717, 1.165) is 50.5 Å². The minimum Gasteiger partial charge on any atom is -0.483 e. The zero-order valence-electron chi connectivity index (χ0n) is 17.2. The molecule has 0 bridgehead atoms. The molecule has 1 amide bonds. The molecule has 3 aromatic rings. The summed E-state index contributed by atoms with van der Waals surface area (Å²) < 4.78 is 5.94. The molecule has 1 N–H and O–H groups in total. The topological polar surface area (TPSA) is 46.9 Å². The molecule has 1 aliphatic heterocycles. The number of aromatic nitrogens is 1. The molecule has 4 rings (SSSR count). The lowest BCUT2D eigenvalue weighted by Gasteiger charge is -2.32. The third-order valence-electron chi connectivity index (χ3n) is 5.59. The molecule has 0 saturated carbocycles. The van der Waals surface area contributed by atoms with E-state index in [-0.39, 0.29) is 12.5 Å². The van der Waals surface area contributed by atoms with Crippen molar-refractivity contribution in [1.82, 2.24) is 9.88 Å². The number of pyridine rings is 1. The number of hydrogen-bond donors (Lipinski definition) is 1. The molecule has 154 valence electrons. The van der Waals surface area contributed by atoms with Crippen molar-refractivity contribution >= 4 is 5.91 Å². The minimum absolute atomic E-state index is 0.0625. The van der Waals surface area contributed by atoms with E-state index < -0.39 is 0 Å². The van der Waals surface area contributed by atoms with Gasteiger partial charge in [-0.1, -0.05) is 48.5 Å². The van der Waals surface area contributed by atoms with Gasteiger partial charge in [-0.15, -0.1) is 0 Å². The number of nitrogens with one attached hydrogen (secondary N) is 1. The first-order chi connectivity index (χ1) is 14.8. The van der Waals surface area contributed by atoms with Crippen molar-refractivity contribution in [2.75, 3.05) is 32.8 Å². The number of hydrogen-bond acceptors (Lipinski definition) is 3. The summed E-state index contributed by atoms with van der Waals surface area (Å²) in [6, 6.07) is 22.4. The molecule has 1 aromatic heterocycles. The van der Waals surface area contributed by atoms with Gasteiger partial charge in [0.05, 0.1) is 26.2 Å². The summed E-state index contributed by atoms with van der Waals surface area (Å²) in [6.45, 7) is 4.53. The van der Waals surface area contributed by atoms with Crippen LogP contribution in [-0.2, 0) is 17.8 Å². The van der Waals surface area contributed by atoms with Crippen molar-refractivity contribution in [3.05, 3.63) is 95.8 Å². The Morgan fingerprint density at radius 1 is 0.900 bits per heavy atom. The Bertz CT molecular complexity index is 939. The highest BCUT2D eigenvalue weighted by Crippen LogP contribution is 2.21. The van der Waals surface area contributed by atoms with Crippen LogP contribution in [0.1, 0.15) is 16.7 Å². The highest BCUT2D eigenvalue weighted by Gasteiger charge is 2.24. The summed E-state index contributed by atoms with van der Waals surface area (Å²) in [4.78, 5) is 20.2.